The van der Waals surface area contributed by atoms with Gasteiger partial charge in [0.05, 0.1) is 5.69 Å². The first-order valence-corrected chi connectivity index (χ1v) is 13.9. The minimum absolute atomic E-state index is 0.120. The van der Waals surface area contributed by atoms with Gasteiger partial charge in [-0.15, -0.1) is 0 Å². The Kier molecular flexibility index (Phi) is 5.84. The number of imidazole rings is 1. The minimum Gasteiger partial charge on any atom is -0.457 e. The number of hydrogen-bond acceptors (Lipinski definition) is 7. The Morgan fingerprint density at radius 2 is 1.63 bits per heavy atom. The maximum atomic E-state index is 13.9. The van der Waals surface area contributed by atoms with E-state index < -0.39 is 10.0 Å². The van der Waals surface area contributed by atoms with Crippen molar-refractivity contribution in [2.45, 2.75) is 25.8 Å². The van der Waals surface area contributed by atoms with Gasteiger partial charge in [0.15, 0.2) is 11.5 Å². The molecule has 2 N–H and O–H groups in total. The van der Waals surface area contributed by atoms with E-state index in [2.05, 4.69) is 16.5 Å². The Morgan fingerprint density at radius 3 is 2.26 bits per heavy atom. The standard InChI is InChI=1S/C27H28N6O4S/c1-17(2)38(35,36)31-14-18-12-21(13-19(18)15-31)33-26-24(25(28)29-16-30-26)32(27(33)34)20-8-10-23(11-9-20)37-22-6-4-3-5-7-22/h3-11,16,18-19,21H,1,12-15H2,2H3,(H2,28,29,30). The lowest BCUT2D eigenvalue weighted by atomic mass is 10.0. The Balaban J connectivity index is 1.33. The highest BCUT2D eigenvalue weighted by Crippen LogP contribution is 2.45. The molecule has 0 radical (unpaired) electrons. The molecule has 2 aliphatic rings. The zero-order valence-corrected chi connectivity index (χ0v) is 21.7. The molecule has 0 bridgehead atoms. The molecule has 2 aromatic carbocycles. The number of nitrogens with zero attached hydrogens (tertiary/aromatic N) is 5. The largest absolute Gasteiger partial charge is 0.457 e. The van der Waals surface area contributed by atoms with E-state index in [-0.39, 0.29) is 34.3 Å². The van der Waals surface area contributed by atoms with Gasteiger partial charge in [-0.2, -0.15) is 4.31 Å². The van der Waals surface area contributed by atoms with E-state index in [4.69, 9.17) is 10.5 Å². The van der Waals surface area contributed by atoms with Crippen molar-refractivity contribution in [3.8, 4) is 17.2 Å². The van der Waals surface area contributed by atoms with Crippen LogP contribution in [0.1, 0.15) is 25.8 Å². The molecule has 4 aromatic rings. The zero-order chi connectivity index (χ0) is 26.6. The van der Waals surface area contributed by atoms with Gasteiger partial charge >= 0.3 is 5.69 Å². The van der Waals surface area contributed by atoms with Crippen molar-refractivity contribution in [1.82, 2.24) is 23.4 Å². The second-order valence-electron chi connectivity index (χ2n) is 10.00. The van der Waals surface area contributed by atoms with E-state index in [9.17, 15) is 13.2 Å². The average Bonchev–Trinajstić information content (AvgIpc) is 3.55. The minimum atomic E-state index is -3.49. The molecule has 1 aliphatic carbocycles. The molecular formula is C27H28N6O4S. The number of rotatable bonds is 6. The number of nitrogens with two attached hydrogens (primary N) is 1. The van der Waals surface area contributed by atoms with Crippen LogP contribution >= 0.6 is 0 Å². The highest BCUT2D eigenvalue weighted by atomic mass is 32.2. The average molecular weight is 533 g/mol. The lowest BCUT2D eigenvalue weighted by Gasteiger charge is -2.19. The van der Waals surface area contributed by atoms with Crippen molar-refractivity contribution in [3.05, 3.63) is 82.9 Å². The van der Waals surface area contributed by atoms with Crippen molar-refractivity contribution in [3.63, 3.8) is 0 Å². The third-order valence-electron chi connectivity index (χ3n) is 7.59. The first-order valence-electron chi connectivity index (χ1n) is 12.5. The van der Waals surface area contributed by atoms with Gasteiger partial charge in [-0.1, -0.05) is 24.8 Å². The summed E-state index contributed by atoms with van der Waals surface area (Å²) in [6.45, 7) is 6.02. The van der Waals surface area contributed by atoms with Crippen molar-refractivity contribution in [2.24, 2.45) is 11.8 Å². The van der Waals surface area contributed by atoms with Gasteiger partial charge in [-0.3, -0.25) is 9.13 Å². The molecule has 2 aromatic heterocycles. The smallest absolute Gasteiger partial charge is 0.335 e. The number of anilines is 1. The molecule has 2 unspecified atom stereocenters. The van der Waals surface area contributed by atoms with Gasteiger partial charge < -0.3 is 10.5 Å². The normalized spacial score (nSPS) is 21.6. The lowest BCUT2D eigenvalue weighted by molar-refractivity contribution is 0.405. The molecule has 2 atom stereocenters. The van der Waals surface area contributed by atoms with Crippen LogP contribution in [0.25, 0.3) is 16.9 Å². The summed E-state index contributed by atoms with van der Waals surface area (Å²) in [5.41, 5.74) is 7.57. The monoisotopic (exact) mass is 532 g/mol. The third kappa shape index (κ3) is 3.98. The number of fused-ring (bicyclic) bond motifs is 2. The van der Waals surface area contributed by atoms with Gasteiger partial charge in [0.2, 0.25) is 10.0 Å². The maximum Gasteiger partial charge on any atom is 0.335 e. The Labute approximate surface area is 220 Å². The SMILES string of the molecule is C=C(C)S(=O)(=O)N1CC2CC(n3c(=O)n(-c4ccc(Oc5ccccc5)cc4)c4c(N)ncnc43)CC2C1. The second kappa shape index (κ2) is 9.10. The summed E-state index contributed by atoms with van der Waals surface area (Å²) < 4.78 is 35.9. The van der Waals surface area contributed by atoms with Crippen molar-refractivity contribution in [2.75, 3.05) is 18.8 Å². The predicted octanol–water partition coefficient (Wildman–Crippen LogP) is 3.70. The number of benzene rings is 2. The zero-order valence-electron chi connectivity index (χ0n) is 20.9. The first-order chi connectivity index (χ1) is 18.2. The van der Waals surface area contributed by atoms with Crippen molar-refractivity contribution < 1.29 is 13.2 Å². The lowest BCUT2D eigenvalue weighted by Crippen LogP contribution is -2.31. The molecule has 38 heavy (non-hydrogen) atoms. The van der Waals surface area contributed by atoms with Crippen LogP contribution in [0.2, 0.25) is 0 Å². The number of hydrogen-bond donors (Lipinski definition) is 1. The van der Waals surface area contributed by atoms with Gasteiger partial charge in [0.25, 0.3) is 0 Å². The molecule has 3 heterocycles. The summed E-state index contributed by atoms with van der Waals surface area (Å²) in [5, 5.41) is 0. The summed E-state index contributed by atoms with van der Waals surface area (Å²) in [6.07, 6.45) is 2.73. The number of sulfonamides is 1. The third-order valence-corrected chi connectivity index (χ3v) is 9.45. The topological polar surface area (TPSA) is 125 Å². The van der Waals surface area contributed by atoms with Crippen LogP contribution in [0.15, 0.2) is 77.2 Å². The van der Waals surface area contributed by atoms with Crippen LogP contribution in [0.4, 0.5) is 5.82 Å². The van der Waals surface area contributed by atoms with Crippen LogP contribution in [0, 0.1) is 11.8 Å². The van der Waals surface area contributed by atoms with E-state index >= 15 is 0 Å². The van der Waals surface area contributed by atoms with Crippen LogP contribution in [0.3, 0.4) is 0 Å². The number of allylic oxidation sites excluding steroid dienone is 1. The Hall–Kier alpha value is -3.96. The molecule has 10 nitrogen and oxygen atoms in total. The Morgan fingerprint density at radius 1 is 1.00 bits per heavy atom. The Bertz CT molecular complexity index is 1680. The van der Waals surface area contributed by atoms with Crippen LogP contribution in [-0.2, 0) is 10.0 Å². The molecule has 1 saturated carbocycles. The van der Waals surface area contributed by atoms with Crippen molar-refractivity contribution in [1.29, 1.82) is 0 Å². The molecule has 11 heteroatoms. The molecule has 1 saturated heterocycles. The van der Waals surface area contributed by atoms with E-state index in [0.29, 0.717) is 54.3 Å². The number of para-hydroxylation sites is 1. The molecule has 0 amide bonds. The highest BCUT2D eigenvalue weighted by Gasteiger charge is 2.46. The number of nitrogen functional groups attached to an aromatic ring is 1. The van der Waals surface area contributed by atoms with E-state index in [1.54, 1.807) is 33.4 Å². The summed E-state index contributed by atoms with van der Waals surface area (Å²) in [7, 11) is -3.49. The molecule has 2 fully saturated rings. The second-order valence-corrected chi connectivity index (χ2v) is 12.2. The van der Waals surface area contributed by atoms with Gasteiger partial charge in [-0.25, -0.2) is 23.2 Å². The fraction of sp³-hybridized carbons (Fsp3) is 0.296. The molecule has 1 aliphatic heterocycles. The summed E-state index contributed by atoms with van der Waals surface area (Å²) >= 11 is 0. The van der Waals surface area contributed by atoms with E-state index in [1.807, 2.05) is 30.3 Å². The van der Waals surface area contributed by atoms with E-state index in [1.165, 1.54) is 17.6 Å². The van der Waals surface area contributed by atoms with Crippen LogP contribution < -0.4 is 16.2 Å². The molecule has 6 rings (SSSR count). The van der Waals surface area contributed by atoms with Crippen molar-refractivity contribution >= 4 is 27.0 Å². The van der Waals surface area contributed by atoms with Gasteiger partial charge in [0, 0.05) is 24.0 Å². The highest BCUT2D eigenvalue weighted by molar-refractivity contribution is 7.92. The van der Waals surface area contributed by atoms with Gasteiger partial charge in [-0.05, 0) is 68.0 Å². The summed E-state index contributed by atoms with van der Waals surface area (Å²) in [5.74, 6) is 1.89. The predicted molar refractivity (Wildman–Crippen MR) is 145 cm³/mol. The molecular weight excluding hydrogens is 504 g/mol. The molecule has 0 spiro atoms. The summed E-state index contributed by atoms with van der Waals surface area (Å²) in [6, 6.07) is 16.5. The van der Waals surface area contributed by atoms with Crippen LogP contribution in [0.5, 0.6) is 11.5 Å². The summed E-state index contributed by atoms with van der Waals surface area (Å²) in [4.78, 5) is 22.6. The van der Waals surface area contributed by atoms with Gasteiger partial charge in [0.1, 0.15) is 23.3 Å². The molecule has 196 valence electrons. The fourth-order valence-electron chi connectivity index (χ4n) is 5.78. The first kappa shape index (κ1) is 24.4. The number of aromatic nitrogens is 4. The quantitative estimate of drug-likeness (QED) is 0.401. The maximum absolute atomic E-state index is 13.9. The fourth-order valence-corrected chi connectivity index (χ4v) is 6.99. The van der Waals surface area contributed by atoms with E-state index in [0.717, 1.165) is 0 Å². The number of ether oxygens (including phenoxy) is 1. The van der Waals surface area contributed by atoms with Crippen LogP contribution in [-0.4, -0.2) is 44.9 Å².